The van der Waals surface area contributed by atoms with Crippen LogP contribution in [0.5, 0.6) is 5.75 Å². The lowest BCUT2D eigenvalue weighted by Crippen LogP contribution is -2.21. The van der Waals surface area contributed by atoms with Crippen LogP contribution < -0.4 is 10.1 Å². The highest BCUT2D eigenvalue weighted by Gasteiger charge is 2.17. The Bertz CT molecular complexity index is 336. The van der Waals surface area contributed by atoms with Crippen LogP contribution >= 0.6 is 15.9 Å². The number of halogens is 1. The summed E-state index contributed by atoms with van der Waals surface area (Å²) in [4.78, 5) is 0. The summed E-state index contributed by atoms with van der Waals surface area (Å²) < 4.78 is 6.35. The van der Waals surface area contributed by atoms with Gasteiger partial charge in [0, 0.05) is 6.54 Å². The summed E-state index contributed by atoms with van der Waals surface area (Å²) in [6.07, 6.45) is 4.12. The number of nitrogens with one attached hydrogen (secondary N) is 1. The van der Waals surface area contributed by atoms with E-state index in [0.717, 1.165) is 28.4 Å². The largest absolute Gasteiger partial charge is 0.493 e. The van der Waals surface area contributed by atoms with Crippen molar-refractivity contribution in [3.8, 4) is 5.75 Å². The van der Waals surface area contributed by atoms with Crippen molar-refractivity contribution >= 4 is 21.6 Å². The fourth-order valence-electron chi connectivity index (χ4n) is 1.81. The van der Waals surface area contributed by atoms with Crippen LogP contribution in [-0.4, -0.2) is 13.7 Å². The Labute approximate surface area is 99.1 Å². The second kappa shape index (κ2) is 4.88. The van der Waals surface area contributed by atoms with Gasteiger partial charge in [-0.05, 0) is 46.8 Å². The minimum atomic E-state index is 0.855. The van der Waals surface area contributed by atoms with E-state index in [0.29, 0.717) is 0 Å². The summed E-state index contributed by atoms with van der Waals surface area (Å²) >= 11 is 3.48. The molecule has 2 nitrogen and oxygen atoms in total. The molecule has 1 N–H and O–H groups in total. The van der Waals surface area contributed by atoms with E-state index >= 15 is 0 Å². The van der Waals surface area contributed by atoms with Gasteiger partial charge in [0.1, 0.15) is 0 Å². The fraction of sp³-hybridized carbons (Fsp3) is 0.500. The van der Waals surface area contributed by atoms with Crippen molar-refractivity contribution in [2.75, 3.05) is 19.0 Å². The van der Waals surface area contributed by atoms with Crippen LogP contribution in [0, 0.1) is 5.92 Å². The normalized spacial score (nSPS) is 15.9. The predicted molar refractivity (Wildman–Crippen MR) is 66.5 cm³/mol. The molecule has 0 radical (unpaired) electrons. The van der Waals surface area contributed by atoms with E-state index in [1.807, 2.05) is 12.1 Å². The molecule has 0 bridgehead atoms. The maximum Gasteiger partial charge on any atom is 0.156 e. The average Bonchev–Trinajstić information content (AvgIpc) is 2.15. The summed E-state index contributed by atoms with van der Waals surface area (Å²) in [5.41, 5.74) is 1.08. The number of ether oxygens (including phenoxy) is 1. The first-order chi connectivity index (χ1) is 7.31. The van der Waals surface area contributed by atoms with Crippen molar-refractivity contribution in [2.24, 2.45) is 5.92 Å². The molecule has 1 aliphatic rings. The minimum absolute atomic E-state index is 0.855. The van der Waals surface area contributed by atoms with Gasteiger partial charge in [0.25, 0.3) is 0 Å². The molecule has 0 aromatic heterocycles. The molecule has 2 rings (SSSR count). The SMILES string of the molecule is COc1c(Br)cccc1NCC1CCC1. The van der Waals surface area contributed by atoms with Crippen LogP contribution in [0.3, 0.4) is 0 Å². The van der Waals surface area contributed by atoms with Gasteiger partial charge in [-0.15, -0.1) is 0 Å². The van der Waals surface area contributed by atoms with Gasteiger partial charge in [0.2, 0.25) is 0 Å². The number of anilines is 1. The Balaban J connectivity index is 2.02. The van der Waals surface area contributed by atoms with Gasteiger partial charge in [-0.25, -0.2) is 0 Å². The number of para-hydroxylation sites is 1. The summed E-state index contributed by atoms with van der Waals surface area (Å²) in [6.45, 7) is 1.06. The molecule has 0 heterocycles. The van der Waals surface area contributed by atoms with Gasteiger partial charge >= 0.3 is 0 Å². The number of benzene rings is 1. The predicted octanol–water partition coefficient (Wildman–Crippen LogP) is 3.67. The Morgan fingerprint density at radius 2 is 2.27 bits per heavy atom. The number of rotatable bonds is 4. The zero-order valence-electron chi connectivity index (χ0n) is 8.92. The monoisotopic (exact) mass is 269 g/mol. The molecule has 0 atom stereocenters. The topological polar surface area (TPSA) is 21.3 Å². The molecule has 15 heavy (non-hydrogen) atoms. The second-order valence-corrected chi connectivity index (χ2v) is 4.85. The number of methoxy groups -OCH3 is 1. The number of hydrogen-bond acceptors (Lipinski definition) is 2. The summed E-state index contributed by atoms with van der Waals surface area (Å²) in [7, 11) is 1.70. The minimum Gasteiger partial charge on any atom is -0.493 e. The average molecular weight is 270 g/mol. The van der Waals surface area contributed by atoms with E-state index in [9.17, 15) is 0 Å². The molecule has 82 valence electrons. The fourth-order valence-corrected chi connectivity index (χ4v) is 2.33. The molecular formula is C12H16BrNO. The molecule has 0 saturated heterocycles. The van der Waals surface area contributed by atoms with Gasteiger partial charge in [-0.3, -0.25) is 0 Å². The van der Waals surface area contributed by atoms with E-state index in [1.165, 1.54) is 19.3 Å². The molecule has 1 fully saturated rings. The smallest absolute Gasteiger partial charge is 0.156 e. The second-order valence-electron chi connectivity index (χ2n) is 4.00. The van der Waals surface area contributed by atoms with Crippen molar-refractivity contribution in [3.63, 3.8) is 0 Å². The van der Waals surface area contributed by atoms with Gasteiger partial charge < -0.3 is 10.1 Å². The van der Waals surface area contributed by atoms with E-state index in [4.69, 9.17) is 4.74 Å². The lowest BCUT2D eigenvalue weighted by molar-refractivity contribution is 0.332. The van der Waals surface area contributed by atoms with Gasteiger partial charge in [-0.1, -0.05) is 12.5 Å². The zero-order valence-corrected chi connectivity index (χ0v) is 10.5. The Morgan fingerprint density at radius 1 is 1.47 bits per heavy atom. The highest BCUT2D eigenvalue weighted by Crippen LogP contribution is 2.34. The van der Waals surface area contributed by atoms with Crippen LogP contribution in [0.2, 0.25) is 0 Å². The molecule has 0 aliphatic heterocycles. The molecule has 1 aromatic carbocycles. The highest BCUT2D eigenvalue weighted by atomic mass is 79.9. The van der Waals surface area contributed by atoms with Crippen LogP contribution in [-0.2, 0) is 0 Å². The first-order valence-corrected chi connectivity index (χ1v) is 6.17. The maximum atomic E-state index is 5.35. The first-order valence-electron chi connectivity index (χ1n) is 5.37. The van der Waals surface area contributed by atoms with Crippen molar-refractivity contribution < 1.29 is 4.74 Å². The number of hydrogen-bond donors (Lipinski definition) is 1. The molecule has 0 spiro atoms. The van der Waals surface area contributed by atoms with Crippen LogP contribution in [0.25, 0.3) is 0 Å². The molecule has 1 aliphatic carbocycles. The maximum absolute atomic E-state index is 5.35. The van der Waals surface area contributed by atoms with E-state index in [1.54, 1.807) is 7.11 Å². The first kappa shape index (κ1) is 10.8. The highest BCUT2D eigenvalue weighted by molar-refractivity contribution is 9.10. The third-order valence-electron chi connectivity index (χ3n) is 2.98. The molecule has 3 heteroatoms. The standard InChI is InChI=1S/C12H16BrNO/c1-15-12-10(13)6-3-7-11(12)14-8-9-4-2-5-9/h3,6-7,9,14H,2,4-5,8H2,1H3. The van der Waals surface area contributed by atoms with E-state index < -0.39 is 0 Å². The lowest BCUT2D eigenvalue weighted by Gasteiger charge is -2.26. The molecule has 1 saturated carbocycles. The van der Waals surface area contributed by atoms with E-state index in [-0.39, 0.29) is 0 Å². The van der Waals surface area contributed by atoms with Crippen LogP contribution in [0.4, 0.5) is 5.69 Å². The quantitative estimate of drug-likeness (QED) is 0.901. The van der Waals surface area contributed by atoms with Crippen molar-refractivity contribution in [3.05, 3.63) is 22.7 Å². The van der Waals surface area contributed by atoms with Crippen molar-refractivity contribution in [2.45, 2.75) is 19.3 Å². The van der Waals surface area contributed by atoms with Gasteiger partial charge in [0.05, 0.1) is 17.3 Å². The molecule has 1 aromatic rings. The van der Waals surface area contributed by atoms with Crippen molar-refractivity contribution in [1.82, 2.24) is 0 Å². The Hall–Kier alpha value is -0.700. The molecule has 0 unspecified atom stereocenters. The molecular weight excluding hydrogens is 254 g/mol. The summed E-state index contributed by atoms with van der Waals surface area (Å²) in [5, 5.41) is 3.45. The van der Waals surface area contributed by atoms with Crippen LogP contribution in [0.1, 0.15) is 19.3 Å². The van der Waals surface area contributed by atoms with Crippen molar-refractivity contribution in [1.29, 1.82) is 0 Å². The zero-order chi connectivity index (χ0) is 10.7. The third-order valence-corrected chi connectivity index (χ3v) is 3.60. The van der Waals surface area contributed by atoms with Gasteiger partial charge in [0.15, 0.2) is 5.75 Å². The Kier molecular flexibility index (Phi) is 3.52. The van der Waals surface area contributed by atoms with E-state index in [2.05, 4.69) is 27.3 Å². The lowest BCUT2D eigenvalue weighted by atomic mass is 9.85. The summed E-state index contributed by atoms with van der Waals surface area (Å²) in [5.74, 6) is 1.76. The van der Waals surface area contributed by atoms with Crippen LogP contribution in [0.15, 0.2) is 22.7 Å². The molecule has 0 amide bonds. The third kappa shape index (κ3) is 2.46. The summed E-state index contributed by atoms with van der Waals surface area (Å²) in [6, 6.07) is 6.07. The Morgan fingerprint density at radius 3 is 2.87 bits per heavy atom. The van der Waals surface area contributed by atoms with Gasteiger partial charge in [-0.2, -0.15) is 0 Å².